The predicted molar refractivity (Wildman–Crippen MR) is 102 cm³/mol. The topological polar surface area (TPSA) is 146 Å². The van der Waals surface area contributed by atoms with E-state index in [9.17, 15) is 19.8 Å². The van der Waals surface area contributed by atoms with Crippen LogP contribution in [-0.2, 0) is 16.1 Å². The molecular weight excluding hydrogens is 374 g/mol. The van der Waals surface area contributed by atoms with Crippen LogP contribution in [0.3, 0.4) is 0 Å². The van der Waals surface area contributed by atoms with Gasteiger partial charge in [-0.25, -0.2) is 9.59 Å². The second-order valence-corrected chi connectivity index (χ2v) is 5.52. The number of anilines is 1. The van der Waals surface area contributed by atoms with E-state index in [0.717, 1.165) is 0 Å². The Labute approximate surface area is 161 Å². The first-order valence-electron chi connectivity index (χ1n) is 7.62. The Morgan fingerprint density at radius 1 is 1.19 bits per heavy atom. The van der Waals surface area contributed by atoms with Gasteiger partial charge >= 0.3 is 11.9 Å². The summed E-state index contributed by atoms with van der Waals surface area (Å²) < 4.78 is 4.81. The average Bonchev–Trinajstić information content (AvgIpc) is 2.65. The van der Waals surface area contributed by atoms with Crippen LogP contribution in [0.25, 0.3) is 0 Å². The highest BCUT2D eigenvalue weighted by molar-refractivity contribution is 5.95. The second kappa shape index (κ2) is 9.56. The quantitative estimate of drug-likeness (QED) is 0.274. The number of esters is 1. The molecule has 1 unspecified atom stereocenters. The van der Waals surface area contributed by atoms with Gasteiger partial charge in [-0.2, -0.15) is 0 Å². The molecule has 0 aliphatic carbocycles. The molecule has 0 saturated carbocycles. The Balaban J connectivity index is 0.00000364. The van der Waals surface area contributed by atoms with Crippen LogP contribution in [0.4, 0.5) is 5.69 Å². The number of ether oxygens (including phenoxy) is 1. The Kier molecular flexibility index (Phi) is 7.77. The molecule has 144 valence electrons. The van der Waals surface area contributed by atoms with Gasteiger partial charge in [-0.05, 0) is 47.5 Å². The fraction of sp³-hybridized carbons (Fsp3) is 0.167. The molecule has 6 N–H and O–H groups in total. The van der Waals surface area contributed by atoms with Crippen molar-refractivity contribution in [2.75, 3.05) is 12.4 Å². The molecule has 0 aliphatic heterocycles. The fourth-order valence-corrected chi connectivity index (χ4v) is 2.41. The van der Waals surface area contributed by atoms with Crippen molar-refractivity contribution in [1.29, 1.82) is 5.41 Å². The van der Waals surface area contributed by atoms with Gasteiger partial charge in [-0.15, -0.1) is 12.4 Å². The van der Waals surface area contributed by atoms with E-state index < -0.39 is 18.0 Å². The standard InChI is InChI=1S/C18H19N3O5.ClH/c1-26-18(25)15(21-14-4-2-11(3-5-14)16(19)20)12-6-10(9-22)7-13(8-12)17(23)24;/h2-8,15,21-22H,9H2,1H3,(H3,19,20)(H,23,24);1H. The summed E-state index contributed by atoms with van der Waals surface area (Å²) in [6, 6.07) is 9.75. The lowest BCUT2D eigenvalue weighted by atomic mass is 10.00. The number of carbonyl (C=O) groups is 2. The zero-order valence-corrected chi connectivity index (χ0v) is 15.2. The van der Waals surface area contributed by atoms with Gasteiger partial charge < -0.3 is 26.0 Å². The van der Waals surface area contributed by atoms with Crippen LogP contribution in [0.15, 0.2) is 42.5 Å². The molecule has 0 spiro atoms. The van der Waals surface area contributed by atoms with E-state index >= 15 is 0 Å². The number of aliphatic hydroxyl groups is 1. The van der Waals surface area contributed by atoms with Crippen molar-refractivity contribution in [1.82, 2.24) is 0 Å². The Bertz CT molecular complexity index is 839. The third kappa shape index (κ3) is 5.44. The van der Waals surface area contributed by atoms with E-state index in [4.69, 9.17) is 15.9 Å². The van der Waals surface area contributed by atoms with E-state index in [-0.39, 0.29) is 30.4 Å². The smallest absolute Gasteiger partial charge is 0.335 e. The van der Waals surface area contributed by atoms with Gasteiger partial charge in [0.15, 0.2) is 6.04 Å². The number of carboxylic acids is 1. The van der Waals surface area contributed by atoms with Gasteiger partial charge in [0, 0.05) is 11.3 Å². The van der Waals surface area contributed by atoms with Crippen LogP contribution in [0.1, 0.15) is 33.1 Å². The Hall–Kier alpha value is -3.10. The van der Waals surface area contributed by atoms with Crippen molar-refractivity contribution in [2.45, 2.75) is 12.6 Å². The van der Waals surface area contributed by atoms with E-state index in [1.807, 2.05) is 0 Å². The number of carboxylic acid groups (broad SMARTS) is 1. The molecule has 0 fully saturated rings. The third-order valence-electron chi connectivity index (χ3n) is 3.72. The minimum absolute atomic E-state index is 0. The number of nitrogens with two attached hydrogens (primary N) is 1. The molecule has 0 bridgehead atoms. The number of nitrogen functional groups attached to an aromatic ring is 1. The zero-order chi connectivity index (χ0) is 19.3. The number of amidine groups is 1. The molecule has 2 aromatic carbocycles. The monoisotopic (exact) mass is 393 g/mol. The normalized spacial score (nSPS) is 11.0. The van der Waals surface area contributed by atoms with Crippen LogP contribution < -0.4 is 11.1 Å². The number of rotatable bonds is 7. The molecule has 0 saturated heterocycles. The number of hydrogen-bond acceptors (Lipinski definition) is 6. The number of aliphatic hydroxyl groups excluding tert-OH is 1. The lowest BCUT2D eigenvalue weighted by Gasteiger charge is -2.19. The first-order valence-corrected chi connectivity index (χ1v) is 7.62. The predicted octanol–water partition coefficient (Wildman–Crippen LogP) is 1.91. The number of benzene rings is 2. The van der Waals surface area contributed by atoms with Gasteiger partial charge in [0.2, 0.25) is 0 Å². The zero-order valence-electron chi connectivity index (χ0n) is 14.4. The molecule has 2 aromatic rings. The van der Waals surface area contributed by atoms with Crippen LogP contribution in [-0.4, -0.2) is 35.1 Å². The molecule has 0 amide bonds. The average molecular weight is 394 g/mol. The lowest BCUT2D eigenvalue weighted by molar-refractivity contribution is -0.141. The Morgan fingerprint density at radius 2 is 1.81 bits per heavy atom. The number of nitrogens with one attached hydrogen (secondary N) is 2. The molecule has 2 rings (SSSR count). The summed E-state index contributed by atoms with van der Waals surface area (Å²) in [7, 11) is 1.23. The first-order chi connectivity index (χ1) is 12.3. The van der Waals surface area contributed by atoms with Crippen molar-refractivity contribution in [3.63, 3.8) is 0 Å². The summed E-state index contributed by atoms with van der Waals surface area (Å²) in [4.78, 5) is 23.5. The van der Waals surface area contributed by atoms with Gasteiger partial charge in [-0.3, -0.25) is 5.41 Å². The van der Waals surface area contributed by atoms with E-state index in [1.54, 1.807) is 24.3 Å². The molecular formula is C18H20ClN3O5. The summed E-state index contributed by atoms with van der Waals surface area (Å²) in [6.45, 7) is -0.366. The molecule has 0 aliphatic rings. The van der Waals surface area contributed by atoms with E-state index in [0.29, 0.717) is 22.4 Å². The van der Waals surface area contributed by atoms with Crippen molar-refractivity contribution < 1.29 is 24.5 Å². The number of hydrogen-bond donors (Lipinski definition) is 5. The maximum atomic E-state index is 12.2. The highest BCUT2D eigenvalue weighted by atomic mass is 35.5. The molecule has 9 heteroatoms. The summed E-state index contributed by atoms with van der Waals surface area (Å²) in [5.41, 5.74) is 7.15. The van der Waals surface area contributed by atoms with Crippen molar-refractivity contribution >= 4 is 35.9 Å². The van der Waals surface area contributed by atoms with Crippen molar-refractivity contribution in [3.05, 3.63) is 64.7 Å². The van der Waals surface area contributed by atoms with Crippen molar-refractivity contribution in [3.8, 4) is 0 Å². The van der Waals surface area contributed by atoms with Crippen LogP contribution in [0, 0.1) is 5.41 Å². The number of methoxy groups -OCH3 is 1. The van der Waals surface area contributed by atoms with Crippen LogP contribution >= 0.6 is 12.4 Å². The lowest BCUT2D eigenvalue weighted by Crippen LogP contribution is -2.23. The third-order valence-corrected chi connectivity index (χ3v) is 3.72. The maximum absolute atomic E-state index is 12.2. The van der Waals surface area contributed by atoms with Gasteiger partial charge in [0.05, 0.1) is 19.3 Å². The molecule has 1 atom stereocenters. The van der Waals surface area contributed by atoms with Crippen molar-refractivity contribution in [2.24, 2.45) is 5.73 Å². The summed E-state index contributed by atoms with van der Waals surface area (Å²) in [5.74, 6) is -1.87. The second-order valence-electron chi connectivity index (χ2n) is 5.52. The molecule has 0 heterocycles. The minimum Gasteiger partial charge on any atom is -0.478 e. The van der Waals surface area contributed by atoms with Gasteiger partial charge in [-0.1, -0.05) is 6.07 Å². The molecule has 0 aromatic heterocycles. The number of aromatic carboxylic acids is 1. The van der Waals surface area contributed by atoms with Gasteiger partial charge in [0.1, 0.15) is 5.84 Å². The van der Waals surface area contributed by atoms with E-state index in [2.05, 4.69) is 5.32 Å². The largest absolute Gasteiger partial charge is 0.478 e. The summed E-state index contributed by atoms with van der Waals surface area (Å²) in [5, 5.41) is 28.9. The molecule has 27 heavy (non-hydrogen) atoms. The highest BCUT2D eigenvalue weighted by Gasteiger charge is 2.23. The maximum Gasteiger partial charge on any atom is 0.335 e. The summed E-state index contributed by atoms with van der Waals surface area (Å²) in [6.07, 6.45) is 0. The highest BCUT2D eigenvalue weighted by Crippen LogP contribution is 2.24. The SMILES string of the molecule is COC(=O)C(Nc1ccc(C(=N)N)cc1)c1cc(CO)cc(C(=O)O)c1.Cl. The van der Waals surface area contributed by atoms with Crippen LogP contribution in [0.2, 0.25) is 0 Å². The number of carbonyl (C=O) groups excluding carboxylic acids is 1. The van der Waals surface area contributed by atoms with Gasteiger partial charge in [0.25, 0.3) is 0 Å². The first kappa shape index (κ1) is 21.9. The molecule has 0 radical (unpaired) electrons. The fourth-order valence-electron chi connectivity index (χ4n) is 2.41. The van der Waals surface area contributed by atoms with Crippen LogP contribution in [0.5, 0.6) is 0 Å². The van der Waals surface area contributed by atoms with E-state index in [1.165, 1.54) is 25.3 Å². The molecule has 8 nitrogen and oxygen atoms in total. The number of halogens is 1. The minimum atomic E-state index is -1.17. The summed E-state index contributed by atoms with van der Waals surface area (Å²) >= 11 is 0. The Morgan fingerprint density at radius 3 is 2.30 bits per heavy atom.